The van der Waals surface area contributed by atoms with E-state index in [4.69, 9.17) is 11.6 Å². The highest BCUT2D eigenvalue weighted by Gasteiger charge is 2.35. The van der Waals surface area contributed by atoms with Crippen molar-refractivity contribution in [2.45, 2.75) is 12.1 Å². The second kappa shape index (κ2) is 7.44. The maximum absolute atomic E-state index is 12.4. The van der Waals surface area contributed by atoms with Gasteiger partial charge in [0.25, 0.3) is 0 Å². The van der Waals surface area contributed by atoms with Crippen molar-refractivity contribution < 1.29 is 9.90 Å². The number of hydrogen-bond acceptors (Lipinski definition) is 3. The molecule has 2 aromatic rings. The highest BCUT2D eigenvalue weighted by molar-refractivity contribution is 6.30. The number of nitrogens with one attached hydrogen (secondary N) is 1. The van der Waals surface area contributed by atoms with Crippen molar-refractivity contribution in [2.75, 3.05) is 32.5 Å². The Kier molecular flexibility index (Phi) is 5.27. The van der Waals surface area contributed by atoms with Gasteiger partial charge in [-0.2, -0.15) is 0 Å². The number of halogens is 1. The Bertz CT molecular complexity index is 749. The molecule has 0 bridgehead atoms. The monoisotopic (exact) mass is 359 g/mol. The number of nitrogens with zero attached hydrogens (tertiary/aromatic N) is 2. The molecular weight excluding hydrogens is 338 g/mol. The third-order valence-corrected chi connectivity index (χ3v) is 4.74. The van der Waals surface area contributed by atoms with Gasteiger partial charge in [-0.3, -0.25) is 0 Å². The molecule has 2 amide bonds. The second-order valence-electron chi connectivity index (χ2n) is 6.52. The maximum atomic E-state index is 12.4. The summed E-state index contributed by atoms with van der Waals surface area (Å²) in [5.41, 5.74) is 2.78. The van der Waals surface area contributed by atoms with Crippen LogP contribution in [0.15, 0.2) is 48.5 Å². The average molecular weight is 360 g/mol. The van der Waals surface area contributed by atoms with Gasteiger partial charge in [-0.05, 0) is 49.5 Å². The molecule has 132 valence electrons. The molecule has 0 aliphatic carbocycles. The quantitative estimate of drug-likeness (QED) is 0.885. The summed E-state index contributed by atoms with van der Waals surface area (Å²) in [7, 11) is 3.81. The number of benzene rings is 2. The minimum atomic E-state index is -0.522. The lowest BCUT2D eigenvalue weighted by Crippen LogP contribution is -2.38. The zero-order valence-corrected chi connectivity index (χ0v) is 15.1. The minimum Gasteiger partial charge on any atom is -0.390 e. The lowest BCUT2D eigenvalue weighted by molar-refractivity contribution is 0.113. The standard InChI is InChI=1S/C19H22ClN3O2/c1-22(2)17-11-23(12-18(17)24)19(25)21-16-8-6-13(7-9-16)14-4-3-5-15(20)10-14/h3-10,17-18,24H,11-12H2,1-2H3,(H,21,25)/t17-,18-/m1/s1. The van der Waals surface area contributed by atoms with E-state index in [-0.39, 0.29) is 12.1 Å². The Hall–Kier alpha value is -2.08. The molecule has 25 heavy (non-hydrogen) atoms. The summed E-state index contributed by atoms with van der Waals surface area (Å²) in [6, 6.07) is 15.0. The van der Waals surface area contributed by atoms with Crippen LogP contribution in [0, 0.1) is 0 Å². The Labute approximate surface area is 152 Å². The summed E-state index contributed by atoms with van der Waals surface area (Å²) in [6.07, 6.45) is -0.522. The van der Waals surface area contributed by atoms with Crippen molar-refractivity contribution in [1.29, 1.82) is 0 Å². The van der Waals surface area contributed by atoms with E-state index >= 15 is 0 Å². The van der Waals surface area contributed by atoms with Crippen molar-refractivity contribution in [1.82, 2.24) is 9.80 Å². The molecule has 0 spiro atoms. The minimum absolute atomic E-state index is 0.0315. The molecule has 1 heterocycles. The van der Waals surface area contributed by atoms with E-state index in [1.54, 1.807) is 4.90 Å². The molecule has 1 aliphatic rings. The molecule has 5 nitrogen and oxygen atoms in total. The zero-order valence-electron chi connectivity index (χ0n) is 14.3. The predicted molar refractivity (Wildman–Crippen MR) is 101 cm³/mol. The van der Waals surface area contributed by atoms with Crippen molar-refractivity contribution in [3.05, 3.63) is 53.6 Å². The highest BCUT2D eigenvalue weighted by atomic mass is 35.5. The molecule has 1 saturated heterocycles. The summed E-state index contributed by atoms with van der Waals surface area (Å²) in [6.45, 7) is 0.857. The third-order valence-electron chi connectivity index (χ3n) is 4.50. The first-order chi connectivity index (χ1) is 11.9. The normalized spacial score (nSPS) is 20.1. The van der Waals surface area contributed by atoms with Crippen LogP contribution >= 0.6 is 11.6 Å². The van der Waals surface area contributed by atoms with Gasteiger partial charge in [0.05, 0.1) is 18.7 Å². The van der Waals surface area contributed by atoms with Crippen LogP contribution in [0.3, 0.4) is 0 Å². The first-order valence-electron chi connectivity index (χ1n) is 8.20. The van der Waals surface area contributed by atoms with E-state index in [2.05, 4.69) is 5.32 Å². The van der Waals surface area contributed by atoms with Crippen LogP contribution in [0.2, 0.25) is 5.02 Å². The zero-order chi connectivity index (χ0) is 18.0. The van der Waals surface area contributed by atoms with Gasteiger partial charge in [0.2, 0.25) is 0 Å². The highest BCUT2D eigenvalue weighted by Crippen LogP contribution is 2.24. The lowest BCUT2D eigenvalue weighted by Gasteiger charge is -2.21. The van der Waals surface area contributed by atoms with Gasteiger partial charge < -0.3 is 20.2 Å². The fourth-order valence-corrected chi connectivity index (χ4v) is 3.25. The van der Waals surface area contributed by atoms with Gasteiger partial charge in [0.15, 0.2) is 0 Å². The van der Waals surface area contributed by atoms with Crippen LogP contribution < -0.4 is 5.32 Å². The van der Waals surface area contributed by atoms with Crippen LogP contribution in [0.1, 0.15) is 0 Å². The number of aliphatic hydroxyl groups excluding tert-OH is 1. The molecule has 6 heteroatoms. The van der Waals surface area contributed by atoms with E-state index < -0.39 is 6.10 Å². The number of aliphatic hydroxyl groups is 1. The maximum Gasteiger partial charge on any atom is 0.321 e. The summed E-state index contributed by atoms with van der Waals surface area (Å²) >= 11 is 6.03. The molecular formula is C19H22ClN3O2. The SMILES string of the molecule is CN(C)[C@@H]1CN(C(=O)Nc2ccc(-c3cccc(Cl)c3)cc2)C[C@H]1O. The Morgan fingerprint density at radius 2 is 1.88 bits per heavy atom. The van der Waals surface area contributed by atoms with Crippen molar-refractivity contribution in [2.24, 2.45) is 0 Å². The Balaban J connectivity index is 1.65. The number of β-amino-alcohol motifs (C(OH)–C–C–N with tert-alkyl or cyclic N) is 1. The summed E-state index contributed by atoms with van der Waals surface area (Å²) in [5.74, 6) is 0. The van der Waals surface area contributed by atoms with Crippen LogP contribution in [-0.4, -0.2) is 60.3 Å². The lowest BCUT2D eigenvalue weighted by atomic mass is 10.1. The second-order valence-corrected chi connectivity index (χ2v) is 6.96. The molecule has 1 aliphatic heterocycles. The molecule has 0 radical (unpaired) electrons. The van der Waals surface area contributed by atoms with E-state index in [1.165, 1.54) is 0 Å². The first kappa shape index (κ1) is 17.7. The summed E-state index contributed by atoms with van der Waals surface area (Å²) < 4.78 is 0. The van der Waals surface area contributed by atoms with Crippen molar-refractivity contribution >= 4 is 23.3 Å². The third kappa shape index (κ3) is 4.12. The van der Waals surface area contributed by atoms with Gasteiger partial charge in [-0.15, -0.1) is 0 Å². The molecule has 1 fully saturated rings. The van der Waals surface area contributed by atoms with Crippen LogP contribution in [-0.2, 0) is 0 Å². The molecule has 0 aromatic heterocycles. The number of carbonyl (C=O) groups is 1. The molecule has 2 atom stereocenters. The predicted octanol–water partition coefficient (Wildman–Crippen LogP) is 3.15. The number of anilines is 1. The van der Waals surface area contributed by atoms with E-state index in [1.807, 2.05) is 67.5 Å². The Morgan fingerprint density at radius 1 is 1.16 bits per heavy atom. The fourth-order valence-electron chi connectivity index (χ4n) is 3.06. The van der Waals surface area contributed by atoms with Gasteiger partial charge in [0, 0.05) is 17.3 Å². The average Bonchev–Trinajstić information content (AvgIpc) is 2.98. The number of urea groups is 1. The molecule has 2 N–H and O–H groups in total. The number of carbonyl (C=O) groups excluding carboxylic acids is 1. The van der Waals surface area contributed by atoms with Crippen LogP contribution in [0.4, 0.5) is 10.5 Å². The number of amides is 2. The van der Waals surface area contributed by atoms with Crippen molar-refractivity contribution in [3.8, 4) is 11.1 Å². The van der Waals surface area contributed by atoms with E-state index in [9.17, 15) is 9.90 Å². The number of hydrogen-bond donors (Lipinski definition) is 2. The molecule has 0 saturated carbocycles. The van der Waals surface area contributed by atoms with Crippen LogP contribution in [0.25, 0.3) is 11.1 Å². The van der Waals surface area contributed by atoms with Crippen molar-refractivity contribution in [3.63, 3.8) is 0 Å². The number of likely N-dealkylation sites (tertiary alicyclic amines) is 1. The largest absolute Gasteiger partial charge is 0.390 e. The van der Waals surface area contributed by atoms with Gasteiger partial charge in [-0.25, -0.2) is 4.79 Å². The van der Waals surface area contributed by atoms with E-state index in [0.717, 1.165) is 16.8 Å². The molecule has 3 rings (SSSR count). The summed E-state index contributed by atoms with van der Waals surface area (Å²) in [4.78, 5) is 16.0. The Morgan fingerprint density at radius 3 is 2.48 bits per heavy atom. The number of likely N-dealkylation sites (N-methyl/N-ethyl adjacent to an activating group) is 1. The topological polar surface area (TPSA) is 55.8 Å². The van der Waals surface area contributed by atoms with Gasteiger partial charge in [0.1, 0.15) is 0 Å². The smallest absolute Gasteiger partial charge is 0.321 e. The van der Waals surface area contributed by atoms with Crippen LogP contribution in [0.5, 0.6) is 0 Å². The number of rotatable bonds is 3. The van der Waals surface area contributed by atoms with Gasteiger partial charge >= 0.3 is 6.03 Å². The fraction of sp³-hybridized carbons (Fsp3) is 0.316. The van der Waals surface area contributed by atoms with E-state index in [0.29, 0.717) is 18.1 Å². The molecule has 0 unspecified atom stereocenters. The van der Waals surface area contributed by atoms with Gasteiger partial charge in [-0.1, -0.05) is 35.9 Å². The first-order valence-corrected chi connectivity index (χ1v) is 8.58. The summed E-state index contributed by atoms with van der Waals surface area (Å²) in [5, 5.41) is 13.6. The molecule has 2 aromatic carbocycles.